The molecule has 0 fully saturated rings. The number of hydroxylamine groups is 2. The second-order valence-electron chi connectivity index (χ2n) is 1.05. The van der Waals surface area contributed by atoms with Crippen molar-refractivity contribution in [2.24, 2.45) is 15.9 Å². The van der Waals surface area contributed by atoms with Crippen LogP contribution in [0.25, 0.3) is 0 Å². The molecule has 6 heteroatoms. The minimum atomic E-state index is 0.0788. The summed E-state index contributed by atoms with van der Waals surface area (Å²) >= 11 is 0. The highest BCUT2D eigenvalue weighted by Gasteiger charge is 1.69. The van der Waals surface area contributed by atoms with Crippen molar-refractivity contribution >= 4 is 6.01 Å². The van der Waals surface area contributed by atoms with Gasteiger partial charge in [0.2, 0.25) is 0 Å². The fourth-order valence-electron chi connectivity index (χ4n) is 0.145. The lowest BCUT2D eigenvalue weighted by atomic mass is 11.2. The summed E-state index contributed by atoms with van der Waals surface area (Å²) in [6.07, 6.45) is 0. The van der Waals surface area contributed by atoms with Gasteiger partial charge in [0.25, 0.3) is 0 Å². The number of hydrogen-bond donors (Lipinski definition) is 1. The molecule has 0 aromatic carbocycles. The Labute approximate surface area is 52.1 Å². The lowest BCUT2D eigenvalue weighted by Crippen LogP contribution is -2.04. The second-order valence-corrected chi connectivity index (χ2v) is 1.05. The van der Waals surface area contributed by atoms with Gasteiger partial charge in [-0.3, -0.25) is 4.94 Å². The summed E-state index contributed by atoms with van der Waals surface area (Å²) in [5.41, 5.74) is 4.91. The molecule has 0 aliphatic rings. The van der Waals surface area contributed by atoms with Crippen LogP contribution >= 0.6 is 0 Å². The zero-order chi connectivity index (χ0) is 7.11. The highest BCUT2D eigenvalue weighted by atomic mass is 16.9. The Hall–Kier alpha value is -0.940. The molecule has 0 spiro atoms. The van der Waals surface area contributed by atoms with Gasteiger partial charge >= 0.3 is 0 Å². The highest BCUT2D eigenvalue weighted by molar-refractivity contribution is 5.39. The lowest BCUT2D eigenvalue weighted by molar-refractivity contribution is -0.0974. The molecule has 0 unspecified atom stereocenters. The Morgan fingerprint density at radius 2 is 2.56 bits per heavy atom. The number of nitrogens with two attached hydrogens (primary N) is 1. The highest BCUT2D eigenvalue weighted by Crippen LogP contribution is 1.76. The molecule has 0 radical (unpaired) electrons. The van der Waals surface area contributed by atoms with Crippen molar-refractivity contribution < 1.29 is 4.94 Å². The van der Waals surface area contributed by atoms with Gasteiger partial charge in [0.15, 0.2) is 0 Å². The molecule has 9 heavy (non-hydrogen) atoms. The van der Waals surface area contributed by atoms with Crippen molar-refractivity contribution in [3.05, 3.63) is 5.21 Å². The van der Waals surface area contributed by atoms with E-state index in [2.05, 4.69) is 15.1 Å². The molecule has 52 valence electrons. The van der Waals surface area contributed by atoms with E-state index in [4.69, 9.17) is 5.73 Å². The maximum absolute atomic E-state index is 9.89. The second kappa shape index (κ2) is 5.20. The maximum atomic E-state index is 9.89. The number of hydrogen-bond acceptors (Lipinski definition) is 6. The van der Waals surface area contributed by atoms with Crippen LogP contribution in [0.3, 0.4) is 0 Å². The predicted molar refractivity (Wildman–Crippen MR) is 31.1 cm³/mol. The Bertz CT molecular complexity index is 117. The molecule has 0 saturated heterocycles. The van der Waals surface area contributed by atoms with Gasteiger partial charge < -0.3 is 10.9 Å². The molecular weight excluding hydrogens is 124 g/mol. The molecule has 0 atom stereocenters. The zero-order valence-electron chi connectivity index (χ0n) is 4.94. The first kappa shape index (κ1) is 8.06. The quantitative estimate of drug-likeness (QED) is 0.407. The summed E-state index contributed by atoms with van der Waals surface area (Å²) in [5, 5.41) is 13.0. The van der Waals surface area contributed by atoms with Crippen molar-refractivity contribution in [2.45, 2.75) is 0 Å². The summed E-state index contributed by atoms with van der Waals surface area (Å²) in [6.45, 7) is 0.0788. The van der Waals surface area contributed by atoms with Crippen LogP contribution in [0.2, 0.25) is 0 Å². The largest absolute Gasteiger partial charge is 0.751 e. The molecule has 6 nitrogen and oxygen atoms in total. The van der Waals surface area contributed by atoms with Crippen molar-refractivity contribution in [1.82, 2.24) is 5.23 Å². The van der Waals surface area contributed by atoms with Crippen LogP contribution in [-0.4, -0.2) is 25.0 Å². The minimum absolute atomic E-state index is 0.0788. The van der Waals surface area contributed by atoms with Crippen molar-refractivity contribution in [3.8, 4) is 0 Å². The average molecular weight is 131 g/mol. The molecule has 0 saturated carbocycles. The van der Waals surface area contributed by atoms with Gasteiger partial charge in [0.05, 0.1) is 6.67 Å². The van der Waals surface area contributed by atoms with Gasteiger partial charge in [-0.15, -0.1) is 0 Å². The van der Waals surface area contributed by atoms with Gasteiger partial charge in [-0.2, -0.15) is 5.23 Å². The standard InChI is InChI=1S/C3H7N4O2/c1-7(8)9-6-3-5-2-4/h2,4H2,1H3/q-1. The molecular formula is C3H7N4O2-. The van der Waals surface area contributed by atoms with E-state index in [1.807, 2.05) is 6.01 Å². The van der Waals surface area contributed by atoms with Gasteiger partial charge in [-0.1, -0.05) is 0 Å². The third-order valence-corrected chi connectivity index (χ3v) is 0.359. The third-order valence-electron chi connectivity index (χ3n) is 0.359. The summed E-state index contributed by atoms with van der Waals surface area (Å²) in [4.78, 5) is 7.30. The van der Waals surface area contributed by atoms with Crippen molar-refractivity contribution in [1.29, 1.82) is 0 Å². The van der Waals surface area contributed by atoms with Crippen LogP contribution in [0.15, 0.2) is 10.1 Å². The van der Waals surface area contributed by atoms with E-state index in [1.165, 1.54) is 0 Å². The minimum Gasteiger partial charge on any atom is -0.751 e. The number of aliphatic imine (C=N–C) groups is 1. The van der Waals surface area contributed by atoms with Gasteiger partial charge in [-0.25, -0.2) is 4.99 Å². The molecule has 0 aromatic heterocycles. The molecule has 0 rings (SSSR count). The molecule has 2 N–H and O–H groups in total. The van der Waals surface area contributed by atoms with E-state index in [0.29, 0.717) is 0 Å². The van der Waals surface area contributed by atoms with E-state index in [1.54, 1.807) is 0 Å². The van der Waals surface area contributed by atoms with Crippen LogP contribution in [0.4, 0.5) is 0 Å². The molecule has 0 aromatic rings. The summed E-state index contributed by atoms with van der Waals surface area (Å²) in [5.74, 6) is 0. The Balaban J connectivity index is 3.35. The van der Waals surface area contributed by atoms with Gasteiger partial charge in [0, 0.05) is 12.2 Å². The van der Waals surface area contributed by atoms with E-state index in [0.717, 1.165) is 7.05 Å². The third kappa shape index (κ3) is 7.06. The smallest absolute Gasteiger partial charge is 0.139 e. The molecule has 0 aliphatic heterocycles. The van der Waals surface area contributed by atoms with Gasteiger partial charge in [-0.05, 0) is 0 Å². The summed E-state index contributed by atoms with van der Waals surface area (Å²) in [6, 6.07) is 2.03. The van der Waals surface area contributed by atoms with Crippen LogP contribution in [0.1, 0.15) is 0 Å². The van der Waals surface area contributed by atoms with Crippen molar-refractivity contribution in [2.75, 3.05) is 13.7 Å². The fraction of sp³-hybridized carbons (Fsp3) is 0.667. The topological polar surface area (TPSA) is 86.3 Å². The fourth-order valence-corrected chi connectivity index (χ4v) is 0.145. The first-order valence-electron chi connectivity index (χ1n) is 2.17. The summed E-state index contributed by atoms with van der Waals surface area (Å²) < 4.78 is 0. The van der Waals surface area contributed by atoms with Gasteiger partial charge in [0.1, 0.15) is 6.01 Å². The van der Waals surface area contributed by atoms with Crippen LogP contribution in [-0.2, 0) is 4.94 Å². The number of rotatable bonds is 3. The molecule has 0 bridgehead atoms. The van der Waals surface area contributed by atoms with Crippen LogP contribution in [0.5, 0.6) is 0 Å². The predicted octanol–water partition coefficient (Wildman–Crippen LogP) is -0.647. The lowest BCUT2D eigenvalue weighted by Gasteiger charge is -2.14. The Morgan fingerprint density at radius 3 is 3.00 bits per heavy atom. The maximum Gasteiger partial charge on any atom is 0.139 e. The van der Waals surface area contributed by atoms with E-state index >= 15 is 0 Å². The average Bonchev–Trinajstić information content (AvgIpc) is 1.80. The molecule has 0 heterocycles. The monoisotopic (exact) mass is 131 g/mol. The SMILES string of the molecule is CN([O-])ON=C=NCN. The normalized spacial score (nSPS) is 8.44. The Kier molecular flexibility index (Phi) is 4.66. The molecule has 0 aliphatic carbocycles. The Morgan fingerprint density at radius 1 is 1.89 bits per heavy atom. The van der Waals surface area contributed by atoms with Crippen LogP contribution < -0.4 is 5.73 Å². The number of nitrogens with zero attached hydrogens (tertiary/aromatic N) is 3. The van der Waals surface area contributed by atoms with E-state index < -0.39 is 0 Å². The summed E-state index contributed by atoms with van der Waals surface area (Å²) in [7, 11) is 1.15. The van der Waals surface area contributed by atoms with E-state index in [9.17, 15) is 5.21 Å². The first-order chi connectivity index (χ1) is 4.27. The zero-order valence-corrected chi connectivity index (χ0v) is 4.94. The van der Waals surface area contributed by atoms with E-state index in [-0.39, 0.29) is 11.9 Å². The molecule has 0 amide bonds. The first-order valence-corrected chi connectivity index (χ1v) is 2.17. The van der Waals surface area contributed by atoms with Crippen molar-refractivity contribution in [3.63, 3.8) is 0 Å². The van der Waals surface area contributed by atoms with Crippen LogP contribution in [0, 0.1) is 5.21 Å².